The van der Waals surface area contributed by atoms with Crippen molar-refractivity contribution in [3.05, 3.63) is 46.6 Å². The van der Waals surface area contributed by atoms with E-state index in [2.05, 4.69) is 25.6 Å². The van der Waals surface area contributed by atoms with Gasteiger partial charge in [-0.15, -0.1) is 0 Å². The molecular weight excluding hydrogens is 360 g/mol. The standard InChI is InChI=1S/C13H13BrN2O4S/c1-20-11-5-4-9(8-17)7-12(11)21(18,19)16-13-10(14)3-2-6-15-13/h2-7,17H,8H2,1H3,(H,15,16). The fourth-order valence-electron chi connectivity index (χ4n) is 1.67. The summed E-state index contributed by atoms with van der Waals surface area (Å²) in [7, 11) is -2.51. The van der Waals surface area contributed by atoms with Gasteiger partial charge in [-0.2, -0.15) is 0 Å². The van der Waals surface area contributed by atoms with Crippen LogP contribution in [0.25, 0.3) is 0 Å². The van der Waals surface area contributed by atoms with Gasteiger partial charge in [0.15, 0.2) is 5.82 Å². The second kappa shape index (κ2) is 6.42. The molecule has 0 aliphatic heterocycles. The molecule has 0 atom stereocenters. The maximum absolute atomic E-state index is 12.5. The molecule has 6 nitrogen and oxygen atoms in total. The Labute approximate surface area is 131 Å². The van der Waals surface area contributed by atoms with Crippen LogP contribution < -0.4 is 9.46 Å². The molecule has 0 saturated carbocycles. The predicted molar refractivity (Wildman–Crippen MR) is 81.7 cm³/mol. The van der Waals surface area contributed by atoms with Crippen LogP contribution in [0.4, 0.5) is 5.82 Å². The van der Waals surface area contributed by atoms with Gasteiger partial charge in [0.25, 0.3) is 10.0 Å². The van der Waals surface area contributed by atoms with Gasteiger partial charge < -0.3 is 9.84 Å². The number of ether oxygens (including phenoxy) is 1. The summed E-state index contributed by atoms with van der Waals surface area (Å²) in [6, 6.07) is 7.79. The minimum absolute atomic E-state index is 0.0610. The Kier molecular flexibility index (Phi) is 4.81. The highest BCUT2D eigenvalue weighted by atomic mass is 79.9. The normalized spacial score (nSPS) is 11.2. The number of nitrogens with zero attached hydrogens (tertiary/aromatic N) is 1. The number of hydrogen-bond donors (Lipinski definition) is 2. The summed E-state index contributed by atoms with van der Waals surface area (Å²) in [5, 5.41) is 9.15. The quantitative estimate of drug-likeness (QED) is 0.839. The molecule has 1 aromatic carbocycles. The lowest BCUT2D eigenvalue weighted by atomic mass is 10.2. The molecular formula is C13H13BrN2O4S. The van der Waals surface area contributed by atoms with Gasteiger partial charge in [0, 0.05) is 6.20 Å². The fraction of sp³-hybridized carbons (Fsp3) is 0.154. The third kappa shape index (κ3) is 3.52. The van der Waals surface area contributed by atoms with Crippen molar-refractivity contribution >= 4 is 31.8 Å². The monoisotopic (exact) mass is 372 g/mol. The van der Waals surface area contributed by atoms with Gasteiger partial charge in [0.05, 0.1) is 18.2 Å². The predicted octanol–water partition coefficient (Wildman–Crippen LogP) is 2.15. The van der Waals surface area contributed by atoms with Gasteiger partial charge >= 0.3 is 0 Å². The van der Waals surface area contributed by atoms with Gasteiger partial charge in [-0.3, -0.25) is 4.72 Å². The number of halogens is 1. The molecule has 1 aromatic heterocycles. The first-order chi connectivity index (χ1) is 9.97. The number of pyridine rings is 1. The highest BCUT2D eigenvalue weighted by molar-refractivity contribution is 9.10. The van der Waals surface area contributed by atoms with E-state index in [1.54, 1.807) is 18.2 Å². The number of methoxy groups -OCH3 is 1. The summed E-state index contributed by atoms with van der Waals surface area (Å²) in [5.74, 6) is 0.362. The van der Waals surface area contributed by atoms with Gasteiger partial charge in [0.2, 0.25) is 0 Å². The number of aliphatic hydroxyl groups is 1. The zero-order chi connectivity index (χ0) is 15.5. The molecule has 0 bridgehead atoms. The van der Waals surface area contributed by atoms with Crippen LogP contribution >= 0.6 is 15.9 Å². The van der Waals surface area contributed by atoms with Crippen LogP contribution in [0.15, 0.2) is 45.9 Å². The third-order valence-corrected chi connectivity index (χ3v) is 4.69. The van der Waals surface area contributed by atoms with Crippen LogP contribution in [0.5, 0.6) is 5.75 Å². The Bertz CT molecular complexity index is 750. The minimum Gasteiger partial charge on any atom is -0.495 e. The van der Waals surface area contributed by atoms with E-state index in [0.717, 1.165) is 0 Å². The molecule has 0 unspecified atom stereocenters. The zero-order valence-corrected chi connectivity index (χ0v) is 13.5. The SMILES string of the molecule is COc1ccc(CO)cc1S(=O)(=O)Nc1ncccc1Br. The van der Waals surface area contributed by atoms with Crippen LogP contribution in [0.1, 0.15) is 5.56 Å². The molecule has 21 heavy (non-hydrogen) atoms. The lowest BCUT2D eigenvalue weighted by Gasteiger charge is -2.12. The number of sulfonamides is 1. The number of hydrogen-bond acceptors (Lipinski definition) is 5. The van der Waals surface area contributed by atoms with Crippen LogP contribution in [0.2, 0.25) is 0 Å². The van der Waals surface area contributed by atoms with Crippen LogP contribution in [0.3, 0.4) is 0 Å². The van der Waals surface area contributed by atoms with E-state index >= 15 is 0 Å². The summed E-state index contributed by atoms with van der Waals surface area (Å²) in [5.41, 5.74) is 0.469. The Morgan fingerprint density at radius 1 is 1.38 bits per heavy atom. The Morgan fingerprint density at radius 2 is 2.14 bits per heavy atom. The molecule has 2 rings (SSSR count). The van der Waals surface area contributed by atoms with E-state index in [1.807, 2.05) is 0 Å². The van der Waals surface area contributed by atoms with Crippen molar-refractivity contribution in [2.75, 3.05) is 11.8 Å². The molecule has 0 spiro atoms. The fourth-order valence-corrected chi connectivity index (χ4v) is 3.41. The second-order valence-electron chi connectivity index (χ2n) is 4.08. The average Bonchev–Trinajstić information content (AvgIpc) is 2.48. The Hall–Kier alpha value is -1.64. The van der Waals surface area contributed by atoms with Gasteiger partial charge in [-0.1, -0.05) is 6.07 Å². The molecule has 0 fully saturated rings. The number of aromatic nitrogens is 1. The van der Waals surface area contributed by atoms with E-state index in [-0.39, 0.29) is 23.1 Å². The number of rotatable bonds is 5. The first kappa shape index (κ1) is 15.7. The smallest absolute Gasteiger partial charge is 0.266 e. The van der Waals surface area contributed by atoms with Crippen LogP contribution in [-0.4, -0.2) is 25.6 Å². The van der Waals surface area contributed by atoms with Crippen molar-refractivity contribution < 1.29 is 18.3 Å². The number of aliphatic hydroxyl groups excluding tert-OH is 1. The molecule has 8 heteroatoms. The largest absolute Gasteiger partial charge is 0.495 e. The van der Waals surface area contributed by atoms with E-state index < -0.39 is 10.0 Å². The van der Waals surface area contributed by atoms with Crippen molar-refractivity contribution in [1.82, 2.24) is 4.98 Å². The van der Waals surface area contributed by atoms with Gasteiger partial charge in [-0.25, -0.2) is 13.4 Å². The molecule has 1 heterocycles. The van der Waals surface area contributed by atoms with Crippen LogP contribution in [-0.2, 0) is 16.6 Å². The van der Waals surface area contributed by atoms with Gasteiger partial charge in [-0.05, 0) is 45.8 Å². The Balaban J connectivity index is 2.46. The first-order valence-corrected chi connectivity index (χ1v) is 8.16. The highest BCUT2D eigenvalue weighted by Crippen LogP contribution is 2.28. The van der Waals surface area contributed by atoms with E-state index in [4.69, 9.17) is 9.84 Å². The van der Waals surface area contributed by atoms with E-state index in [0.29, 0.717) is 10.0 Å². The lowest BCUT2D eigenvalue weighted by molar-refractivity contribution is 0.281. The molecule has 0 saturated heterocycles. The van der Waals surface area contributed by atoms with Crippen LogP contribution in [0, 0.1) is 0 Å². The minimum atomic E-state index is -3.89. The number of benzene rings is 1. The van der Waals surface area contributed by atoms with E-state index in [9.17, 15) is 8.42 Å². The third-order valence-electron chi connectivity index (χ3n) is 2.69. The molecule has 112 valence electrons. The number of nitrogens with one attached hydrogen (secondary N) is 1. The van der Waals surface area contributed by atoms with Crippen molar-refractivity contribution in [3.63, 3.8) is 0 Å². The van der Waals surface area contributed by atoms with Crippen molar-refractivity contribution in [2.24, 2.45) is 0 Å². The molecule has 0 radical (unpaired) electrons. The molecule has 0 aliphatic rings. The van der Waals surface area contributed by atoms with Gasteiger partial charge in [0.1, 0.15) is 10.6 Å². The summed E-state index contributed by atoms with van der Waals surface area (Å²) in [6.07, 6.45) is 1.48. The van der Waals surface area contributed by atoms with Crippen molar-refractivity contribution in [1.29, 1.82) is 0 Å². The van der Waals surface area contributed by atoms with E-state index in [1.165, 1.54) is 25.4 Å². The maximum Gasteiger partial charge on any atom is 0.266 e. The summed E-state index contributed by atoms with van der Waals surface area (Å²) >= 11 is 3.22. The average molecular weight is 373 g/mol. The molecule has 2 N–H and O–H groups in total. The number of anilines is 1. The maximum atomic E-state index is 12.5. The van der Waals surface area contributed by atoms with Crippen molar-refractivity contribution in [2.45, 2.75) is 11.5 Å². The molecule has 0 aliphatic carbocycles. The molecule has 0 amide bonds. The highest BCUT2D eigenvalue weighted by Gasteiger charge is 2.21. The van der Waals surface area contributed by atoms with Crippen molar-refractivity contribution in [3.8, 4) is 5.75 Å². The Morgan fingerprint density at radius 3 is 2.76 bits per heavy atom. The topological polar surface area (TPSA) is 88.5 Å². The summed E-state index contributed by atoms with van der Waals surface area (Å²) in [6.45, 7) is -0.264. The zero-order valence-electron chi connectivity index (χ0n) is 11.1. The summed E-state index contributed by atoms with van der Waals surface area (Å²) < 4.78 is 32.9. The lowest BCUT2D eigenvalue weighted by Crippen LogP contribution is -2.15. The summed E-state index contributed by atoms with van der Waals surface area (Å²) in [4.78, 5) is 3.90. The second-order valence-corrected chi connectivity index (χ2v) is 6.59. The molecule has 2 aromatic rings. The first-order valence-electron chi connectivity index (χ1n) is 5.89.